The van der Waals surface area contributed by atoms with Crippen molar-refractivity contribution in [1.82, 2.24) is 4.90 Å². The number of nitrogens with zero attached hydrogens (tertiary/aromatic N) is 1. The summed E-state index contributed by atoms with van der Waals surface area (Å²) >= 11 is 0. The van der Waals surface area contributed by atoms with Crippen LogP contribution in [0.4, 0.5) is 13.2 Å². The molecular formula is C15H20F3NO. The molecule has 112 valence electrons. The molecule has 2 atom stereocenters. The van der Waals surface area contributed by atoms with Crippen molar-refractivity contribution in [2.24, 2.45) is 5.92 Å². The second-order valence-corrected chi connectivity index (χ2v) is 5.61. The number of hydrogen-bond acceptors (Lipinski definition) is 2. The van der Waals surface area contributed by atoms with Gasteiger partial charge in [-0.25, -0.2) is 0 Å². The fourth-order valence-electron chi connectivity index (χ4n) is 2.83. The van der Waals surface area contributed by atoms with Crippen LogP contribution in [0.1, 0.15) is 36.9 Å². The highest BCUT2D eigenvalue weighted by Gasteiger charge is 2.42. The number of hydrogen-bond donors (Lipinski definition) is 1. The monoisotopic (exact) mass is 287 g/mol. The molecule has 1 saturated heterocycles. The number of halogens is 3. The Balaban J connectivity index is 2.14. The lowest BCUT2D eigenvalue weighted by molar-refractivity contribution is -0.188. The van der Waals surface area contributed by atoms with Crippen molar-refractivity contribution in [3.8, 4) is 5.75 Å². The highest BCUT2D eigenvalue weighted by atomic mass is 19.4. The van der Waals surface area contributed by atoms with E-state index in [4.69, 9.17) is 0 Å². The van der Waals surface area contributed by atoms with E-state index >= 15 is 0 Å². The zero-order chi connectivity index (χ0) is 14.9. The van der Waals surface area contributed by atoms with E-state index in [9.17, 15) is 18.3 Å². The quantitative estimate of drug-likeness (QED) is 0.887. The number of alkyl halides is 3. The van der Waals surface area contributed by atoms with Crippen LogP contribution in [-0.2, 0) is 0 Å². The second kappa shape index (κ2) is 5.64. The maximum absolute atomic E-state index is 12.8. The molecule has 0 spiro atoms. The van der Waals surface area contributed by atoms with E-state index in [2.05, 4.69) is 0 Å². The second-order valence-electron chi connectivity index (χ2n) is 5.61. The predicted octanol–water partition coefficient (Wildman–Crippen LogP) is 4.04. The maximum Gasteiger partial charge on any atom is 0.393 e. The molecule has 2 unspecified atom stereocenters. The van der Waals surface area contributed by atoms with Gasteiger partial charge < -0.3 is 5.11 Å². The fraction of sp³-hybridized carbons (Fsp3) is 0.600. The summed E-state index contributed by atoms with van der Waals surface area (Å²) in [6.45, 7) is 4.37. The zero-order valence-corrected chi connectivity index (χ0v) is 11.7. The van der Waals surface area contributed by atoms with Gasteiger partial charge in [0.05, 0.1) is 5.92 Å². The van der Waals surface area contributed by atoms with Crippen LogP contribution in [-0.4, -0.2) is 29.3 Å². The normalized spacial score (nSPS) is 22.8. The van der Waals surface area contributed by atoms with E-state index < -0.39 is 12.1 Å². The van der Waals surface area contributed by atoms with Gasteiger partial charge in [0.15, 0.2) is 0 Å². The van der Waals surface area contributed by atoms with E-state index in [1.165, 1.54) is 0 Å². The molecule has 2 rings (SSSR count). The lowest BCUT2D eigenvalue weighted by Gasteiger charge is -2.37. The lowest BCUT2D eigenvalue weighted by atomic mass is 9.94. The minimum absolute atomic E-state index is 0.0119. The van der Waals surface area contributed by atoms with Crippen LogP contribution in [0, 0.1) is 12.8 Å². The molecule has 1 fully saturated rings. The number of piperidine rings is 1. The molecule has 20 heavy (non-hydrogen) atoms. The molecule has 1 aliphatic rings. The minimum atomic E-state index is -4.13. The molecule has 0 aromatic heterocycles. The van der Waals surface area contributed by atoms with Crippen LogP contribution in [0.5, 0.6) is 5.75 Å². The largest absolute Gasteiger partial charge is 0.508 e. The van der Waals surface area contributed by atoms with Crippen LogP contribution in [0.3, 0.4) is 0 Å². The Labute approximate surface area is 117 Å². The zero-order valence-electron chi connectivity index (χ0n) is 11.7. The number of aromatic hydroxyl groups is 1. The number of aryl methyl sites for hydroxylation is 1. The summed E-state index contributed by atoms with van der Waals surface area (Å²) in [5.41, 5.74) is 1.63. The third-order valence-corrected chi connectivity index (χ3v) is 4.10. The molecule has 1 aromatic rings. The number of phenolic OH excluding ortho intramolecular Hbond substituents is 1. The first kappa shape index (κ1) is 15.2. The first-order chi connectivity index (χ1) is 9.29. The predicted molar refractivity (Wildman–Crippen MR) is 71.6 cm³/mol. The Morgan fingerprint density at radius 3 is 2.65 bits per heavy atom. The maximum atomic E-state index is 12.8. The Kier molecular flexibility index (Phi) is 4.28. The van der Waals surface area contributed by atoms with Gasteiger partial charge in [0.2, 0.25) is 0 Å². The first-order valence-electron chi connectivity index (χ1n) is 6.89. The number of phenols is 1. The van der Waals surface area contributed by atoms with Crippen LogP contribution < -0.4 is 0 Å². The molecule has 1 N–H and O–H groups in total. The summed E-state index contributed by atoms with van der Waals surface area (Å²) in [6.07, 6.45) is -3.39. The molecular weight excluding hydrogens is 267 g/mol. The van der Waals surface area contributed by atoms with Gasteiger partial charge in [-0.3, -0.25) is 4.90 Å². The van der Waals surface area contributed by atoms with Gasteiger partial charge in [-0.2, -0.15) is 13.2 Å². The molecule has 1 heterocycles. The molecule has 0 aliphatic carbocycles. The third kappa shape index (κ3) is 3.26. The molecule has 1 aliphatic heterocycles. The van der Waals surface area contributed by atoms with E-state index in [-0.39, 0.29) is 24.8 Å². The van der Waals surface area contributed by atoms with Crippen LogP contribution in [0.2, 0.25) is 0 Å². The molecule has 1 aromatic carbocycles. The molecule has 2 nitrogen and oxygen atoms in total. The number of rotatable bonds is 2. The Morgan fingerprint density at radius 1 is 1.35 bits per heavy atom. The first-order valence-corrected chi connectivity index (χ1v) is 6.89. The molecule has 0 saturated carbocycles. The van der Waals surface area contributed by atoms with Crippen molar-refractivity contribution in [2.45, 2.75) is 38.9 Å². The van der Waals surface area contributed by atoms with Gasteiger partial charge >= 0.3 is 6.18 Å². The minimum Gasteiger partial charge on any atom is -0.508 e. The highest BCUT2D eigenvalue weighted by Crippen LogP contribution is 2.37. The van der Waals surface area contributed by atoms with Gasteiger partial charge in [-0.1, -0.05) is 12.1 Å². The van der Waals surface area contributed by atoms with Crippen molar-refractivity contribution in [1.29, 1.82) is 0 Å². The summed E-state index contributed by atoms with van der Waals surface area (Å²) in [4.78, 5) is 1.81. The van der Waals surface area contributed by atoms with Gasteiger partial charge in [0.25, 0.3) is 0 Å². The van der Waals surface area contributed by atoms with Crippen molar-refractivity contribution < 1.29 is 18.3 Å². The summed E-state index contributed by atoms with van der Waals surface area (Å²) < 4.78 is 38.5. The van der Waals surface area contributed by atoms with Gasteiger partial charge in [-0.15, -0.1) is 0 Å². The van der Waals surface area contributed by atoms with Crippen LogP contribution >= 0.6 is 0 Å². The van der Waals surface area contributed by atoms with Crippen molar-refractivity contribution in [3.63, 3.8) is 0 Å². The van der Waals surface area contributed by atoms with Crippen LogP contribution in [0.15, 0.2) is 18.2 Å². The van der Waals surface area contributed by atoms with Gasteiger partial charge in [-0.05, 0) is 44.9 Å². The van der Waals surface area contributed by atoms with E-state index in [1.807, 2.05) is 24.8 Å². The average molecular weight is 287 g/mol. The fourth-order valence-corrected chi connectivity index (χ4v) is 2.83. The van der Waals surface area contributed by atoms with Gasteiger partial charge in [0.1, 0.15) is 5.75 Å². The van der Waals surface area contributed by atoms with E-state index in [0.717, 1.165) is 5.56 Å². The van der Waals surface area contributed by atoms with Crippen LogP contribution in [0.25, 0.3) is 0 Å². The van der Waals surface area contributed by atoms with E-state index in [1.54, 1.807) is 12.1 Å². The average Bonchev–Trinajstić information content (AvgIpc) is 2.37. The Morgan fingerprint density at radius 2 is 2.05 bits per heavy atom. The summed E-state index contributed by atoms with van der Waals surface area (Å²) in [7, 11) is 0. The topological polar surface area (TPSA) is 23.5 Å². The third-order valence-electron chi connectivity index (χ3n) is 4.10. The highest BCUT2D eigenvalue weighted by molar-refractivity contribution is 5.37. The summed E-state index contributed by atoms with van der Waals surface area (Å²) in [6, 6.07) is 5.11. The van der Waals surface area contributed by atoms with Gasteiger partial charge in [0, 0.05) is 18.2 Å². The van der Waals surface area contributed by atoms with Crippen molar-refractivity contribution in [3.05, 3.63) is 29.3 Å². The molecule has 5 heteroatoms. The number of likely N-dealkylation sites (tertiary alicyclic amines) is 1. The molecule has 0 amide bonds. The Bertz CT molecular complexity index is 473. The lowest BCUT2D eigenvalue weighted by Crippen LogP contribution is -2.42. The number of benzene rings is 1. The van der Waals surface area contributed by atoms with Crippen molar-refractivity contribution >= 4 is 0 Å². The SMILES string of the molecule is Cc1ccc(C(C)N2CCCC(C(F)(F)F)C2)c(O)c1. The smallest absolute Gasteiger partial charge is 0.393 e. The molecule has 0 bridgehead atoms. The molecule has 0 radical (unpaired) electrons. The standard InChI is InChI=1S/C15H20F3NO/c1-10-5-6-13(14(20)8-10)11(2)19-7-3-4-12(9-19)15(16,17)18/h5-6,8,11-12,20H,3-4,7,9H2,1-2H3. The van der Waals surface area contributed by atoms with E-state index in [0.29, 0.717) is 18.5 Å². The summed E-state index contributed by atoms with van der Waals surface area (Å²) in [5.74, 6) is -1.10. The summed E-state index contributed by atoms with van der Waals surface area (Å²) in [5, 5.41) is 9.97. The van der Waals surface area contributed by atoms with Crippen molar-refractivity contribution in [2.75, 3.05) is 13.1 Å². The Hall–Kier alpha value is -1.23.